The minimum atomic E-state index is 1.27. The van der Waals surface area contributed by atoms with Crippen LogP contribution >= 0.6 is 0 Å². The Labute approximate surface area is 170 Å². The van der Waals surface area contributed by atoms with Gasteiger partial charge in [0.25, 0.3) is 0 Å². The molecule has 0 heterocycles. The predicted octanol–water partition coefficient (Wildman–Crippen LogP) is 8.23. The van der Waals surface area contributed by atoms with Crippen LogP contribution in [0.3, 0.4) is 0 Å². The molecule has 0 nitrogen and oxygen atoms in total. The monoisotopic (exact) mass is 368 g/mol. The van der Waals surface area contributed by atoms with Crippen LogP contribution in [0.4, 0.5) is 0 Å². The van der Waals surface area contributed by atoms with Crippen molar-refractivity contribution >= 4 is 32.3 Å². The highest BCUT2D eigenvalue weighted by Crippen LogP contribution is 2.42. The molecule has 0 atom stereocenters. The molecule has 0 spiro atoms. The Hall–Kier alpha value is -3.64. The van der Waals surface area contributed by atoms with E-state index in [0.717, 1.165) is 0 Å². The first-order chi connectivity index (χ1) is 14.3. The van der Waals surface area contributed by atoms with Crippen molar-refractivity contribution in [1.82, 2.24) is 0 Å². The quantitative estimate of drug-likeness (QED) is 0.270. The summed E-state index contributed by atoms with van der Waals surface area (Å²) < 4.78 is 0. The molecule has 0 aliphatic heterocycles. The van der Waals surface area contributed by atoms with Gasteiger partial charge in [-0.1, -0.05) is 109 Å². The van der Waals surface area contributed by atoms with E-state index in [-0.39, 0.29) is 0 Å². The maximum absolute atomic E-state index is 2.30. The van der Waals surface area contributed by atoms with Gasteiger partial charge in [0.05, 0.1) is 0 Å². The number of rotatable bonds is 2. The Morgan fingerprint density at radius 1 is 0.448 bits per heavy atom. The molecule has 6 rings (SSSR count). The minimum Gasteiger partial charge on any atom is -0.0622 e. The van der Waals surface area contributed by atoms with E-state index in [9.17, 15) is 0 Å². The molecule has 0 fully saturated rings. The highest BCUT2D eigenvalue weighted by atomic mass is 14.2. The molecule has 0 radical (unpaired) electrons. The van der Waals surface area contributed by atoms with Gasteiger partial charge in [0, 0.05) is 0 Å². The average Bonchev–Trinajstić information content (AvgIpc) is 2.78. The summed E-state index contributed by atoms with van der Waals surface area (Å²) in [5.74, 6) is 0. The summed E-state index contributed by atoms with van der Waals surface area (Å²) in [6, 6.07) is 37.7. The van der Waals surface area contributed by atoms with Crippen LogP contribution in [0, 0.1) is 6.92 Å². The van der Waals surface area contributed by atoms with Gasteiger partial charge in [0.2, 0.25) is 0 Å². The van der Waals surface area contributed by atoms with Crippen molar-refractivity contribution in [2.45, 2.75) is 6.92 Å². The molecule has 0 aromatic heterocycles. The summed E-state index contributed by atoms with van der Waals surface area (Å²) in [6.07, 6.45) is 0. The molecule has 6 aromatic rings. The fourth-order valence-corrected chi connectivity index (χ4v) is 4.73. The first kappa shape index (κ1) is 16.3. The normalized spacial score (nSPS) is 11.6. The predicted molar refractivity (Wildman–Crippen MR) is 126 cm³/mol. The topological polar surface area (TPSA) is 0 Å². The fourth-order valence-electron chi connectivity index (χ4n) is 4.73. The van der Waals surface area contributed by atoms with Crippen molar-refractivity contribution in [2.24, 2.45) is 0 Å². The molecule has 0 saturated heterocycles. The largest absolute Gasteiger partial charge is 0.0622 e. The molecule has 0 N–H and O–H groups in total. The second-order valence-corrected chi connectivity index (χ2v) is 7.88. The van der Waals surface area contributed by atoms with Gasteiger partial charge in [0.1, 0.15) is 0 Å². The maximum atomic E-state index is 2.30. The number of hydrogen-bond acceptors (Lipinski definition) is 0. The van der Waals surface area contributed by atoms with Crippen molar-refractivity contribution in [2.75, 3.05) is 0 Å². The van der Waals surface area contributed by atoms with Crippen LogP contribution in [0.15, 0.2) is 103 Å². The Kier molecular flexibility index (Phi) is 3.48. The van der Waals surface area contributed by atoms with Gasteiger partial charge in [-0.25, -0.2) is 0 Å². The minimum absolute atomic E-state index is 1.27. The summed E-state index contributed by atoms with van der Waals surface area (Å²) in [5.41, 5.74) is 6.45. The van der Waals surface area contributed by atoms with Gasteiger partial charge in [-0.05, 0) is 61.5 Å². The van der Waals surface area contributed by atoms with E-state index in [0.29, 0.717) is 0 Å². The standard InChI is InChI=1S/C29H20/c1-19-6-5-9-23(18-19)25-15-11-22-12-16-26-24(20-7-3-2-4-8-20)14-10-21-13-17-27(25)29(22)28(21)26/h2-18H,1H3. The molecule has 29 heavy (non-hydrogen) atoms. The van der Waals surface area contributed by atoms with Crippen molar-refractivity contribution in [3.05, 3.63) is 109 Å². The zero-order valence-corrected chi connectivity index (χ0v) is 16.3. The van der Waals surface area contributed by atoms with E-state index in [1.165, 1.54) is 60.1 Å². The van der Waals surface area contributed by atoms with E-state index in [1.807, 2.05) is 0 Å². The van der Waals surface area contributed by atoms with Crippen LogP contribution in [0.1, 0.15) is 5.56 Å². The van der Waals surface area contributed by atoms with E-state index in [4.69, 9.17) is 0 Å². The summed E-state index contributed by atoms with van der Waals surface area (Å²) >= 11 is 0. The first-order valence-electron chi connectivity index (χ1n) is 10.1. The lowest BCUT2D eigenvalue weighted by molar-refractivity contribution is 1.47. The zero-order chi connectivity index (χ0) is 19.4. The highest BCUT2D eigenvalue weighted by Gasteiger charge is 2.14. The second-order valence-electron chi connectivity index (χ2n) is 7.88. The van der Waals surface area contributed by atoms with Crippen LogP contribution < -0.4 is 0 Å². The molecule has 6 aromatic carbocycles. The Bertz CT molecular complexity index is 1490. The van der Waals surface area contributed by atoms with Crippen molar-refractivity contribution in [3.8, 4) is 22.3 Å². The lowest BCUT2D eigenvalue weighted by Gasteiger charge is -2.16. The molecule has 0 aliphatic carbocycles. The van der Waals surface area contributed by atoms with Gasteiger partial charge in [-0.2, -0.15) is 0 Å². The molecule has 0 unspecified atom stereocenters. The third-order valence-electron chi connectivity index (χ3n) is 6.08. The van der Waals surface area contributed by atoms with Crippen LogP contribution in [0.2, 0.25) is 0 Å². The van der Waals surface area contributed by atoms with E-state index in [1.54, 1.807) is 0 Å². The van der Waals surface area contributed by atoms with Crippen molar-refractivity contribution in [3.63, 3.8) is 0 Å². The molecule has 0 saturated carbocycles. The number of hydrogen-bond donors (Lipinski definition) is 0. The summed E-state index contributed by atoms with van der Waals surface area (Å²) in [5, 5.41) is 8.01. The van der Waals surface area contributed by atoms with Gasteiger partial charge >= 0.3 is 0 Å². The van der Waals surface area contributed by atoms with E-state index < -0.39 is 0 Å². The summed E-state index contributed by atoms with van der Waals surface area (Å²) in [6.45, 7) is 2.16. The van der Waals surface area contributed by atoms with Crippen molar-refractivity contribution in [1.29, 1.82) is 0 Å². The maximum Gasteiger partial charge on any atom is -0.00203 e. The Balaban J connectivity index is 1.75. The molecule has 136 valence electrons. The molecule has 0 amide bonds. The van der Waals surface area contributed by atoms with E-state index >= 15 is 0 Å². The van der Waals surface area contributed by atoms with E-state index in [2.05, 4.69) is 110 Å². The Morgan fingerprint density at radius 3 is 1.62 bits per heavy atom. The van der Waals surface area contributed by atoms with Gasteiger partial charge in [-0.3, -0.25) is 0 Å². The molecule has 0 bridgehead atoms. The smallest absolute Gasteiger partial charge is 0.00203 e. The molecular weight excluding hydrogens is 348 g/mol. The third kappa shape index (κ3) is 2.46. The Morgan fingerprint density at radius 2 is 1.00 bits per heavy atom. The highest BCUT2D eigenvalue weighted by molar-refractivity contribution is 6.27. The van der Waals surface area contributed by atoms with Crippen LogP contribution in [0.25, 0.3) is 54.6 Å². The lowest BCUT2D eigenvalue weighted by atomic mass is 9.87. The third-order valence-corrected chi connectivity index (χ3v) is 6.08. The number of benzene rings is 6. The summed E-state index contributed by atoms with van der Waals surface area (Å²) in [7, 11) is 0. The average molecular weight is 368 g/mol. The molecule has 0 aliphatic rings. The van der Waals surface area contributed by atoms with Crippen LogP contribution in [-0.4, -0.2) is 0 Å². The van der Waals surface area contributed by atoms with Crippen LogP contribution in [-0.2, 0) is 0 Å². The van der Waals surface area contributed by atoms with Gasteiger partial charge in [-0.15, -0.1) is 0 Å². The first-order valence-corrected chi connectivity index (χ1v) is 10.1. The zero-order valence-electron chi connectivity index (χ0n) is 16.3. The van der Waals surface area contributed by atoms with Crippen molar-refractivity contribution < 1.29 is 0 Å². The fraction of sp³-hybridized carbons (Fsp3) is 0.0345. The molecular formula is C29H20. The molecule has 0 heteroatoms. The number of aryl methyl sites for hydroxylation is 1. The summed E-state index contributed by atoms with van der Waals surface area (Å²) in [4.78, 5) is 0. The van der Waals surface area contributed by atoms with Gasteiger partial charge in [0.15, 0.2) is 0 Å². The SMILES string of the molecule is Cc1cccc(-c2ccc3ccc4c(-c5ccccc5)ccc5ccc2c3c54)c1. The van der Waals surface area contributed by atoms with Gasteiger partial charge < -0.3 is 0 Å². The van der Waals surface area contributed by atoms with Crippen LogP contribution in [0.5, 0.6) is 0 Å². The lowest BCUT2D eigenvalue weighted by Crippen LogP contribution is -1.89. The second kappa shape index (κ2) is 6.18.